The second-order valence-corrected chi connectivity index (χ2v) is 3.93. The predicted molar refractivity (Wildman–Crippen MR) is 59.5 cm³/mol. The van der Waals surface area contributed by atoms with Crippen LogP contribution in [0.5, 0.6) is 0 Å². The van der Waals surface area contributed by atoms with E-state index in [4.69, 9.17) is 9.84 Å². The number of rotatable bonds is 9. The molecule has 14 heavy (non-hydrogen) atoms. The van der Waals surface area contributed by atoms with Gasteiger partial charge in [0.2, 0.25) is 0 Å². The number of nitrogens with one attached hydrogen (secondary N) is 1. The first-order chi connectivity index (χ1) is 6.68. The molecule has 2 N–H and O–H groups in total. The summed E-state index contributed by atoms with van der Waals surface area (Å²) in [5.74, 6) is 0. The molecular formula is C11H25NO2. The Bertz CT molecular complexity index is 130. The molecule has 86 valence electrons. The first-order valence-corrected chi connectivity index (χ1v) is 5.62. The normalized spacial score (nSPS) is 15.4. The summed E-state index contributed by atoms with van der Waals surface area (Å²) in [7, 11) is 0. The summed E-state index contributed by atoms with van der Waals surface area (Å²) >= 11 is 0. The number of aliphatic hydroxyl groups is 1. The van der Waals surface area contributed by atoms with E-state index in [0.29, 0.717) is 0 Å². The lowest BCUT2D eigenvalue weighted by atomic mass is 9.95. The molecule has 0 spiro atoms. The minimum Gasteiger partial charge on any atom is -0.396 e. The summed E-state index contributed by atoms with van der Waals surface area (Å²) in [6.45, 7) is 9.09. The van der Waals surface area contributed by atoms with E-state index >= 15 is 0 Å². The number of aliphatic hydroxyl groups excluding tert-OH is 1. The lowest BCUT2D eigenvalue weighted by molar-refractivity contribution is 0.124. The van der Waals surface area contributed by atoms with Gasteiger partial charge in [0, 0.05) is 25.3 Å². The molecule has 0 heterocycles. The van der Waals surface area contributed by atoms with Crippen molar-refractivity contribution in [3.8, 4) is 0 Å². The first-order valence-electron chi connectivity index (χ1n) is 5.62. The molecule has 3 nitrogen and oxygen atoms in total. The molecule has 0 saturated carbocycles. The van der Waals surface area contributed by atoms with Crippen LogP contribution in [0.4, 0.5) is 0 Å². The van der Waals surface area contributed by atoms with Crippen molar-refractivity contribution in [2.45, 2.75) is 45.6 Å². The zero-order chi connectivity index (χ0) is 10.9. The Labute approximate surface area is 87.8 Å². The Hall–Kier alpha value is -0.120. The van der Waals surface area contributed by atoms with Crippen LogP contribution in [0.25, 0.3) is 0 Å². The highest BCUT2D eigenvalue weighted by molar-refractivity contribution is 4.80. The van der Waals surface area contributed by atoms with Gasteiger partial charge in [-0.3, -0.25) is 0 Å². The lowest BCUT2D eigenvalue weighted by Crippen LogP contribution is -2.44. The van der Waals surface area contributed by atoms with Gasteiger partial charge in [-0.1, -0.05) is 13.8 Å². The van der Waals surface area contributed by atoms with Crippen molar-refractivity contribution in [1.29, 1.82) is 0 Å². The van der Waals surface area contributed by atoms with E-state index < -0.39 is 0 Å². The smallest absolute Gasteiger partial charge is 0.0591 e. The minimum absolute atomic E-state index is 0.0598. The van der Waals surface area contributed by atoms with Gasteiger partial charge in [0.1, 0.15) is 0 Å². The second-order valence-electron chi connectivity index (χ2n) is 3.93. The Balaban J connectivity index is 3.51. The fourth-order valence-corrected chi connectivity index (χ4v) is 1.31. The zero-order valence-corrected chi connectivity index (χ0v) is 9.81. The average molecular weight is 203 g/mol. The summed E-state index contributed by atoms with van der Waals surface area (Å²) < 4.78 is 5.38. The third-order valence-corrected chi connectivity index (χ3v) is 2.59. The van der Waals surface area contributed by atoms with E-state index in [1.54, 1.807) is 0 Å². The Morgan fingerprint density at radius 2 is 2.00 bits per heavy atom. The minimum atomic E-state index is 0.0598. The summed E-state index contributed by atoms with van der Waals surface area (Å²) in [4.78, 5) is 0. The van der Waals surface area contributed by atoms with E-state index in [2.05, 4.69) is 26.1 Å². The van der Waals surface area contributed by atoms with E-state index in [-0.39, 0.29) is 12.1 Å². The first kappa shape index (κ1) is 13.9. The summed E-state index contributed by atoms with van der Waals surface area (Å²) in [5.41, 5.74) is 0.0598. The summed E-state index contributed by atoms with van der Waals surface area (Å²) in [6.07, 6.45) is 2.90. The van der Waals surface area contributed by atoms with Crippen molar-refractivity contribution < 1.29 is 9.84 Å². The standard InChI is InChI=1S/C11H25NO2/c1-4-9-14-10-7-12-11(3,5-2)6-8-13/h12-13H,4-10H2,1-3H3. The lowest BCUT2D eigenvalue weighted by Gasteiger charge is -2.29. The molecule has 0 aromatic heterocycles. The molecule has 0 fully saturated rings. The van der Waals surface area contributed by atoms with Crippen LogP contribution < -0.4 is 5.32 Å². The van der Waals surface area contributed by atoms with Gasteiger partial charge in [0.15, 0.2) is 0 Å². The van der Waals surface area contributed by atoms with E-state index in [1.807, 2.05) is 0 Å². The monoisotopic (exact) mass is 203 g/mol. The van der Waals surface area contributed by atoms with Crippen LogP contribution in [-0.4, -0.2) is 37.0 Å². The van der Waals surface area contributed by atoms with Gasteiger partial charge in [-0.05, 0) is 26.2 Å². The van der Waals surface area contributed by atoms with Crippen LogP contribution in [0, 0.1) is 0 Å². The molecule has 0 aromatic carbocycles. The Kier molecular flexibility index (Phi) is 8.14. The van der Waals surface area contributed by atoms with Gasteiger partial charge < -0.3 is 15.2 Å². The Morgan fingerprint density at radius 1 is 1.29 bits per heavy atom. The largest absolute Gasteiger partial charge is 0.396 e. The van der Waals surface area contributed by atoms with E-state index in [1.165, 1.54) is 0 Å². The van der Waals surface area contributed by atoms with Gasteiger partial charge in [0.25, 0.3) is 0 Å². The highest BCUT2D eigenvalue weighted by Crippen LogP contribution is 2.12. The SMILES string of the molecule is CCCOCCNC(C)(CC)CCO. The number of hydrogen-bond donors (Lipinski definition) is 2. The van der Waals surface area contributed by atoms with Crippen LogP contribution in [0.2, 0.25) is 0 Å². The van der Waals surface area contributed by atoms with Crippen LogP contribution in [0.15, 0.2) is 0 Å². The summed E-state index contributed by atoms with van der Waals surface area (Å²) in [6, 6.07) is 0. The maximum absolute atomic E-state index is 8.90. The molecule has 0 aliphatic rings. The van der Waals surface area contributed by atoms with Crippen molar-refractivity contribution in [2.24, 2.45) is 0 Å². The molecule has 0 aromatic rings. The molecule has 0 radical (unpaired) electrons. The molecule has 0 rings (SSSR count). The van der Waals surface area contributed by atoms with Crippen LogP contribution >= 0.6 is 0 Å². The van der Waals surface area contributed by atoms with Crippen LogP contribution in [-0.2, 0) is 4.74 Å². The predicted octanol–water partition coefficient (Wildman–Crippen LogP) is 1.55. The highest BCUT2D eigenvalue weighted by atomic mass is 16.5. The fraction of sp³-hybridized carbons (Fsp3) is 1.00. The van der Waals surface area contributed by atoms with Crippen molar-refractivity contribution in [2.75, 3.05) is 26.4 Å². The molecule has 0 aliphatic carbocycles. The van der Waals surface area contributed by atoms with Gasteiger partial charge in [-0.15, -0.1) is 0 Å². The molecule has 0 saturated heterocycles. The number of hydrogen-bond acceptors (Lipinski definition) is 3. The van der Waals surface area contributed by atoms with Gasteiger partial charge in [-0.2, -0.15) is 0 Å². The molecule has 3 heteroatoms. The van der Waals surface area contributed by atoms with Gasteiger partial charge >= 0.3 is 0 Å². The Morgan fingerprint density at radius 3 is 2.50 bits per heavy atom. The van der Waals surface area contributed by atoms with Crippen molar-refractivity contribution in [3.05, 3.63) is 0 Å². The quantitative estimate of drug-likeness (QED) is 0.559. The van der Waals surface area contributed by atoms with Gasteiger partial charge in [0.05, 0.1) is 6.61 Å². The van der Waals surface area contributed by atoms with E-state index in [9.17, 15) is 0 Å². The molecule has 0 bridgehead atoms. The molecule has 1 unspecified atom stereocenters. The highest BCUT2D eigenvalue weighted by Gasteiger charge is 2.19. The third kappa shape index (κ3) is 6.35. The van der Waals surface area contributed by atoms with Crippen LogP contribution in [0.3, 0.4) is 0 Å². The molecular weight excluding hydrogens is 178 g/mol. The molecule has 0 amide bonds. The molecule has 1 atom stereocenters. The average Bonchev–Trinajstić information content (AvgIpc) is 2.18. The van der Waals surface area contributed by atoms with Crippen molar-refractivity contribution in [1.82, 2.24) is 5.32 Å². The fourth-order valence-electron chi connectivity index (χ4n) is 1.31. The van der Waals surface area contributed by atoms with Gasteiger partial charge in [-0.25, -0.2) is 0 Å². The number of ether oxygens (including phenoxy) is 1. The van der Waals surface area contributed by atoms with E-state index in [0.717, 1.165) is 39.0 Å². The zero-order valence-electron chi connectivity index (χ0n) is 9.81. The third-order valence-electron chi connectivity index (χ3n) is 2.59. The summed E-state index contributed by atoms with van der Waals surface area (Å²) in [5, 5.41) is 12.3. The van der Waals surface area contributed by atoms with Crippen molar-refractivity contribution >= 4 is 0 Å². The maximum atomic E-state index is 8.90. The second kappa shape index (κ2) is 8.21. The maximum Gasteiger partial charge on any atom is 0.0591 e. The van der Waals surface area contributed by atoms with Crippen LogP contribution in [0.1, 0.15) is 40.0 Å². The molecule has 0 aliphatic heterocycles. The van der Waals surface area contributed by atoms with Crippen molar-refractivity contribution in [3.63, 3.8) is 0 Å². The topological polar surface area (TPSA) is 41.5 Å².